The Morgan fingerprint density at radius 2 is 1.72 bits per heavy atom. The minimum Gasteiger partial charge on any atom is -0.507 e. The topological polar surface area (TPSA) is 97.0 Å². The molecule has 1 atom stereocenters. The normalized spacial score (nSPS) is 17.6. The lowest BCUT2D eigenvalue weighted by Crippen LogP contribution is -2.29. The molecule has 1 aliphatic rings. The highest BCUT2D eigenvalue weighted by Gasteiger charge is 2.46. The molecule has 2 aromatic carbocycles. The summed E-state index contributed by atoms with van der Waals surface area (Å²) in [5, 5.41) is 11.5. The fourth-order valence-electron chi connectivity index (χ4n) is 3.64. The highest BCUT2D eigenvalue weighted by molar-refractivity contribution is 6.46. The molecule has 0 radical (unpaired) electrons. The highest BCUT2D eigenvalue weighted by Crippen LogP contribution is 2.40. The van der Waals surface area contributed by atoms with Crippen LogP contribution in [-0.2, 0) is 20.9 Å². The Hall–Kier alpha value is -3.84. The van der Waals surface area contributed by atoms with E-state index in [1.165, 1.54) is 30.4 Å². The minimum absolute atomic E-state index is 0.0262. The van der Waals surface area contributed by atoms with Crippen LogP contribution in [0.4, 0.5) is 0 Å². The molecule has 162 valence electrons. The third-order valence-electron chi connectivity index (χ3n) is 5.21. The second-order valence-corrected chi connectivity index (χ2v) is 7.56. The molecule has 0 aliphatic carbocycles. The lowest BCUT2D eigenvalue weighted by Gasteiger charge is -2.24. The number of aliphatic hydroxyl groups is 1. The molecule has 1 amide bonds. The predicted molar refractivity (Wildman–Crippen MR) is 116 cm³/mol. The van der Waals surface area contributed by atoms with E-state index in [1.54, 1.807) is 48.5 Å². The quantitative estimate of drug-likeness (QED) is 0.268. The zero-order valence-corrected chi connectivity index (χ0v) is 17.7. The monoisotopic (exact) mass is 451 g/mol. The second kappa shape index (κ2) is 8.72. The van der Waals surface area contributed by atoms with Gasteiger partial charge in [-0.25, -0.2) is 4.79 Å². The number of furan rings is 1. The summed E-state index contributed by atoms with van der Waals surface area (Å²) in [6, 6.07) is 15.1. The maximum Gasteiger partial charge on any atom is 0.337 e. The van der Waals surface area contributed by atoms with Gasteiger partial charge in [-0.15, -0.1) is 0 Å². The van der Waals surface area contributed by atoms with Crippen LogP contribution in [-0.4, -0.2) is 34.8 Å². The van der Waals surface area contributed by atoms with Crippen molar-refractivity contribution in [3.63, 3.8) is 0 Å². The lowest BCUT2D eigenvalue weighted by molar-refractivity contribution is -0.140. The van der Waals surface area contributed by atoms with E-state index in [4.69, 9.17) is 20.8 Å². The van der Waals surface area contributed by atoms with Crippen LogP contribution in [0.15, 0.2) is 76.9 Å². The molecule has 1 fully saturated rings. The number of halogens is 1. The third-order valence-corrected chi connectivity index (χ3v) is 5.46. The first-order chi connectivity index (χ1) is 15.4. The van der Waals surface area contributed by atoms with Crippen molar-refractivity contribution in [1.29, 1.82) is 0 Å². The van der Waals surface area contributed by atoms with E-state index in [-0.39, 0.29) is 17.9 Å². The number of carbonyl (C=O) groups is 3. The minimum atomic E-state index is -0.887. The number of methoxy groups -OCH3 is 1. The number of ether oxygens (including phenoxy) is 1. The van der Waals surface area contributed by atoms with E-state index in [1.807, 2.05) is 0 Å². The molecule has 0 bridgehead atoms. The van der Waals surface area contributed by atoms with Crippen molar-refractivity contribution in [2.45, 2.75) is 12.6 Å². The summed E-state index contributed by atoms with van der Waals surface area (Å²) < 4.78 is 10.1. The fourth-order valence-corrected chi connectivity index (χ4v) is 3.77. The SMILES string of the molecule is COC(=O)c1ccc(C2C(=C(O)c3ccc(Cl)cc3)C(=O)C(=O)N2Cc2ccco2)cc1. The van der Waals surface area contributed by atoms with Crippen LogP contribution >= 0.6 is 11.6 Å². The van der Waals surface area contributed by atoms with Gasteiger partial charge in [0.2, 0.25) is 0 Å². The molecule has 1 aliphatic heterocycles. The van der Waals surface area contributed by atoms with Crippen LogP contribution in [0.1, 0.15) is 33.3 Å². The van der Waals surface area contributed by atoms with Crippen LogP contribution in [0.3, 0.4) is 0 Å². The molecule has 7 nitrogen and oxygen atoms in total. The number of nitrogens with zero attached hydrogens (tertiary/aromatic N) is 1. The number of hydrogen-bond acceptors (Lipinski definition) is 6. The number of ketones is 1. The number of rotatable bonds is 5. The number of Topliss-reactive ketones (excluding diaryl/α,β-unsaturated/α-hetero) is 1. The van der Waals surface area contributed by atoms with Crippen LogP contribution in [0.25, 0.3) is 5.76 Å². The summed E-state index contributed by atoms with van der Waals surface area (Å²) >= 11 is 5.93. The van der Waals surface area contributed by atoms with Crippen LogP contribution < -0.4 is 0 Å². The number of aliphatic hydroxyl groups excluding tert-OH is 1. The first-order valence-electron chi connectivity index (χ1n) is 9.65. The van der Waals surface area contributed by atoms with Crippen molar-refractivity contribution in [3.05, 3.63) is 100.0 Å². The number of carbonyl (C=O) groups excluding carboxylic acids is 3. The van der Waals surface area contributed by atoms with Crippen molar-refractivity contribution < 1.29 is 28.6 Å². The van der Waals surface area contributed by atoms with Crippen molar-refractivity contribution in [1.82, 2.24) is 4.90 Å². The largest absolute Gasteiger partial charge is 0.507 e. The number of esters is 1. The zero-order chi connectivity index (χ0) is 22.8. The molecule has 1 N–H and O–H groups in total. The first-order valence-corrected chi connectivity index (χ1v) is 10.0. The standard InChI is InChI=1S/C24H18ClNO6/c1-31-24(30)16-6-4-14(5-7-16)20-19(21(27)15-8-10-17(25)11-9-15)22(28)23(29)26(20)13-18-3-2-12-32-18/h2-12,20,27H,13H2,1H3. The molecular weight excluding hydrogens is 434 g/mol. The Morgan fingerprint density at radius 1 is 1.06 bits per heavy atom. The van der Waals surface area contributed by atoms with Gasteiger partial charge < -0.3 is 19.2 Å². The van der Waals surface area contributed by atoms with Crippen molar-refractivity contribution in [2.75, 3.05) is 7.11 Å². The van der Waals surface area contributed by atoms with Crippen LogP contribution in [0.5, 0.6) is 0 Å². The van der Waals surface area contributed by atoms with Gasteiger partial charge in [-0.1, -0.05) is 23.7 Å². The zero-order valence-electron chi connectivity index (χ0n) is 16.9. The summed E-state index contributed by atoms with van der Waals surface area (Å²) in [7, 11) is 1.28. The molecule has 4 rings (SSSR count). The van der Waals surface area contributed by atoms with E-state index < -0.39 is 23.7 Å². The average Bonchev–Trinajstić information content (AvgIpc) is 3.41. The summed E-state index contributed by atoms with van der Waals surface area (Å²) in [6.45, 7) is 0.0262. The molecule has 1 aromatic heterocycles. The van der Waals surface area contributed by atoms with E-state index in [9.17, 15) is 19.5 Å². The summed E-state index contributed by atoms with van der Waals surface area (Å²) in [6.07, 6.45) is 1.47. The molecule has 2 heterocycles. The van der Waals surface area contributed by atoms with Gasteiger partial charge in [0.05, 0.1) is 37.1 Å². The maximum atomic E-state index is 13.0. The lowest BCUT2D eigenvalue weighted by atomic mass is 9.94. The molecule has 32 heavy (non-hydrogen) atoms. The summed E-state index contributed by atoms with van der Waals surface area (Å²) in [5.74, 6) is -1.93. The molecule has 8 heteroatoms. The molecular formula is C24H18ClNO6. The molecule has 3 aromatic rings. The summed E-state index contributed by atoms with van der Waals surface area (Å²) in [4.78, 5) is 39.0. The smallest absolute Gasteiger partial charge is 0.337 e. The van der Waals surface area contributed by atoms with Crippen LogP contribution in [0.2, 0.25) is 5.02 Å². The second-order valence-electron chi connectivity index (χ2n) is 7.13. The van der Waals surface area contributed by atoms with Gasteiger partial charge in [0.1, 0.15) is 11.5 Å². The van der Waals surface area contributed by atoms with Gasteiger partial charge in [-0.05, 0) is 54.1 Å². The van der Waals surface area contributed by atoms with E-state index >= 15 is 0 Å². The van der Waals surface area contributed by atoms with Crippen molar-refractivity contribution in [2.24, 2.45) is 0 Å². The average molecular weight is 452 g/mol. The number of likely N-dealkylation sites (tertiary alicyclic amines) is 1. The molecule has 1 unspecified atom stereocenters. The molecule has 0 saturated carbocycles. The Kier molecular flexibility index (Phi) is 5.83. The van der Waals surface area contributed by atoms with Gasteiger partial charge in [0.15, 0.2) is 0 Å². The van der Waals surface area contributed by atoms with Crippen LogP contribution in [0, 0.1) is 0 Å². The summed E-state index contributed by atoms with van der Waals surface area (Å²) in [5.41, 5.74) is 1.15. The first kappa shape index (κ1) is 21.4. The predicted octanol–water partition coefficient (Wildman–Crippen LogP) is 4.34. The maximum absolute atomic E-state index is 13.0. The van der Waals surface area contributed by atoms with Gasteiger partial charge in [-0.2, -0.15) is 0 Å². The van der Waals surface area contributed by atoms with Crippen molar-refractivity contribution >= 4 is 35.0 Å². The van der Waals surface area contributed by atoms with Gasteiger partial charge in [0.25, 0.3) is 11.7 Å². The molecule has 0 spiro atoms. The van der Waals surface area contributed by atoms with Gasteiger partial charge in [0, 0.05) is 10.6 Å². The highest BCUT2D eigenvalue weighted by atomic mass is 35.5. The van der Waals surface area contributed by atoms with E-state index in [2.05, 4.69) is 0 Å². The number of benzene rings is 2. The van der Waals surface area contributed by atoms with Gasteiger partial charge >= 0.3 is 5.97 Å². The molecule has 1 saturated heterocycles. The number of amides is 1. The van der Waals surface area contributed by atoms with E-state index in [0.717, 1.165) is 0 Å². The Balaban J connectivity index is 1.84. The number of hydrogen-bond donors (Lipinski definition) is 1. The Bertz CT molecular complexity index is 1200. The van der Waals surface area contributed by atoms with E-state index in [0.29, 0.717) is 27.5 Å². The third kappa shape index (κ3) is 3.90. The van der Waals surface area contributed by atoms with Gasteiger partial charge in [-0.3, -0.25) is 9.59 Å². The Morgan fingerprint density at radius 3 is 2.31 bits per heavy atom. The fraction of sp³-hybridized carbons (Fsp3) is 0.125. The van der Waals surface area contributed by atoms with Crippen molar-refractivity contribution in [3.8, 4) is 0 Å². The Labute approximate surface area is 188 Å².